The fourth-order valence-electron chi connectivity index (χ4n) is 3.15. The van der Waals surface area contributed by atoms with Gasteiger partial charge >= 0.3 is 0 Å². The largest absolute Gasteiger partial charge is 0.371 e. The van der Waals surface area contributed by atoms with Crippen molar-refractivity contribution >= 4 is 22.4 Å². The first kappa shape index (κ1) is 13.8. The van der Waals surface area contributed by atoms with Crippen molar-refractivity contribution in [3.05, 3.63) is 52.6 Å². The van der Waals surface area contributed by atoms with Crippen molar-refractivity contribution in [3.8, 4) is 11.4 Å². The number of nitro benzene ring substituents is 1. The van der Waals surface area contributed by atoms with Crippen LogP contribution in [-0.4, -0.2) is 28.0 Å². The molecule has 4 rings (SSSR count). The van der Waals surface area contributed by atoms with Crippen LogP contribution in [0.15, 0.2) is 42.5 Å². The van der Waals surface area contributed by atoms with Gasteiger partial charge in [-0.3, -0.25) is 10.1 Å². The molecule has 23 heavy (non-hydrogen) atoms. The van der Waals surface area contributed by atoms with Gasteiger partial charge in [-0.05, 0) is 31.0 Å². The molecule has 0 unspecified atom stereocenters. The second-order valence-electron chi connectivity index (χ2n) is 5.76. The van der Waals surface area contributed by atoms with E-state index in [-0.39, 0.29) is 5.69 Å². The molecule has 1 saturated heterocycles. The van der Waals surface area contributed by atoms with Crippen molar-refractivity contribution in [3.63, 3.8) is 0 Å². The van der Waals surface area contributed by atoms with Crippen LogP contribution >= 0.6 is 0 Å². The highest BCUT2D eigenvalue weighted by Gasteiger charge is 2.18. The maximum Gasteiger partial charge on any atom is 0.271 e. The van der Waals surface area contributed by atoms with Gasteiger partial charge in [-0.25, -0.2) is 4.98 Å². The molecule has 1 aliphatic rings. The van der Waals surface area contributed by atoms with E-state index < -0.39 is 4.92 Å². The number of hydrogen-bond donors (Lipinski definition) is 1. The lowest BCUT2D eigenvalue weighted by atomic mass is 10.1. The Morgan fingerprint density at radius 1 is 1.13 bits per heavy atom. The quantitative estimate of drug-likeness (QED) is 0.591. The molecular weight excluding hydrogens is 292 g/mol. The minimum atomic E-state index is -0.391. The zero-order chi connectivity index (χ0) is 15.8. The number of imidazole rings is 1. The fourth-order valence-corrected chi connectivity index (χ4v) is 3.15. The normalized spacial score (nSPS) is 14.5. The van der Waals surface area contributed by atoms with E-state index in [1.54, 1.807) is 6.07 Å². The molecule has 1 aromatic heterocycles. The lowest BCUT2D eigenvalue weighted by Gasteiger charge is -2.20. The highest BCUT2D eigenvalue weighted by atomic mass is 16.6. The van der Waals surface area contributed by atoms with Crippen LogP contribution in [0.4, 0.5) is 11.4 Å². The van der Waals surface area contributed by atoms with Gasteiger partial charge in [-0.2, -0.15) is 0 Å². The zero-order valence-electron chi connectivity index (χ0n) is 12.5. The first-order chi connectivity index (χ1) is 11.2. The van der Waals surface area contributed by atoms with E-state index in [1.165, 1.54) is 30.7 Å². The molecule has 0 radical (unpaired) electrons. The molecule has 0 aliphatic carbocycles. The standard InChI is InChI=1S/C17H16N4O2/c22-21(23)12-7-8-14-15(11-12)19-17(18-14)13-5-1-2-6-16(13)20-9-3-4-10-20/h1-2,5-8,11H,3-4,9-10H2,(H,18,19). The molecule has 0 atom stereocenters. The van der Waals surface area contributed by atoms with E-state index in [0.717, 1.165) is 30.0 Å². The molecule has 0 bridgehead atoms. The second kappa shape index (κ2) is 5.39. The van der Waals surface area contributed by atoms with Crippen LogP contribution in [-0.2, 0) is 0 Å². The summed E-state index contributed by atoms with van der Waals surface area (Å²) in [5.74, 6) is 0.753. The Hall–Kier alpha value is -2.89. The third kappa shape index (κ3) is 2.42. The zero-order valence-corrected chi connectivity index (χ0v) is 12.5. The maximum atomic E-state index is 10.9. The second-order valence-corrected chi connectivity index (χ2v) is 5.76. The fraction of sp³-hybridized carbons (Fsp3) is 0.235. The van der Waals surface area contributed by atoms with Gasteiger partial charge in [0.05, 0.1) is 16.0 Å². The molecule has 1 fully saturated rings. The first-order valence-electron chi connectivity index (χ1n) is 7.71. The summed E-state index contributed by atoms with van der Waals surface area (Å²) in [7, 11) is 0. The van der Waals surface area contributed by atoms with Crippen molar-refractivity contribution < 1.29 is 4.92 Å². The average Bonchev–Trinajstić information content (AvgIpc) is 3.23. The number of nitro groups is 1. The number of non-ortho nitro benzene ring substituents is 1. The number of H-pyrrole nitrogens is 1. The van der Waals surface area contributed by atoms with Crippen LogP contribution in [0.25, 0.3) is 22.4 Å². The average molecular weight is 308 g/mol. The molecule has 2 heterocycles. The molecule has 3 aromatic rings. The van der Waals surface area contributed by atoms with Gasteiger partial charge in [0.25, 0.3) is 5.69 Å². The van der Waals surface area contributed by atoms with Crippen molar-refractivity contribution in [2.24, 2.45) is 0 Å². The van der Waals surface area contributed by atoms with E-state index in [4.69, 9.17) is 0 Å². The van der Waals surface area contributed by atoms with Gasteiger partial charge in [0.1, 0.15) is 5.82 Å². The van der Waals surface area contributed by atoms with Crippen molar-refractivity contribution in [2.75, 3.05) is 18.0 Å². The van der Waals surface area contributed by atoms with Crippen molar-refractivity contribution in [2.45, 2.75) is 12.8 Å². The molecular formula is C17H16N4O2. The molecule has 0 saturated carbocycles. The summed E-state index contributed by atoms with van der Waals surface area (Å²) in [6, 6.07) is 12.9. The molecule has 1 aliphatic heterocycles. The van der Waals surface area contributed by atoms with Gasteiger partial charge in [0, 0.05) is 36.5 Å². The number of para-hydroxylation sites is 1. The summed E-state index contributed by atoms with van der Waals surface area (Å²) in [5.41, 5.74) is 3.69. The van der Waals surface area contributed by atoms with Gasteiger partial charge in [0.15, 0.2) is 0 Å². The number of rotatable bonds is 3. The van der Waals surface area contributed by atoms with Gasteiger partial charge in [-0.15, -0.1) is 0 Å². The summed E-state index contributed by atoms with van der Waals surface area (Å²) in [6.45, 7) is 2.12. The molecule has 2 aromatic carbocycles. The highest BCUT2D eigenvalue weighted by molar-refractivity contribution is 5.84. The van der Waals surface area contributed by atoms with Gasteiger partial charge in [-0.1, -0.05) is 12.1 Å². The predicted molar refractivity (Wildman–Crippen MR) is 89.6 cm³/mol. The van der Waals surface area contributed by atoms with Crippen LogP contribution in [0.5, 0.6) is 0 Å². The molecule has 0 amide bonds. The summed E-state index contributed by atoms with van der Waals surface area (Å²) in [5, 5.41) is 10.9. The summed E-state index contributed by atoms with van der Waals surface area (Å²) >= 11 is 0. The molecule has 116 valence electrons. The van der Waals surface area contributed by atoms with Crippen molar-refractivity contribution in [1.82, 2.24) is 9.97 Å². The number of nitrogens with one attached hydrogen (secondary N) is 1. The van der Waals surface area contributed by atoms with E-state index in [1.807, 2.05) is 18.2 Å². The Bertz CT molecular complexity index is 881. The Morgan fingerprint density at radius 3 is 2.70 bits per heavy atom. The number of nitrogens with zero attached hydrogens (tertiary/aromatic N) is 3. The van der Waals surface area contributed by atoms with Crippen LogP contribution < -0.4 is 4.90 Å². The van der Waals surface area contributed by atoms with Gasteiger partial charge < -0.3 is 9.88 Å². The topological polar surface area (TPSA) is 75.1 Å². The monoisotopic (exact) mass is 308 g/mol. The third-order valence-electron chi connectivity index (χ3n) is 4.28. The molecule has 0 spiro atoms. The Balaban J connectivity index is 1.81. The summed E-state index contributed by atoms with van der Waals surface area (Å²) in [6.07, 6.45) is 2.42. The number of fused-ring (bicyclic) bond motifs is 1. The van der Waals surface area contributed by atoms with Crippen LogP contribution in [0, 0.1) is 10.1 Å². The predicted octanol–water partition coefficient (Wildman–Crippen LogP) is 3.74. The number of aromatic nitrogens is 2. The maximum absolute atomic E-state index is 10.9. The minimum absolute atomic E-state index is 0.0699. The lowest BCUT2D eigenvalue weighted by molar-refractivity contribution is -0.384. The molecule has 6 heteroatoms. The minimum Gasteiger partial charge on any atom is -0.371 e. The van der Waals surface area contributed by atoms with Crippen LogP contribution in [0.1, 0.15) is 12.8 Å². The van der Waals surface area contributed by atoms with Crippen LogP contribution in [0.3, 0.4) is 0 Å². The third-order valence-corrected chi connectivity index (χ3v) is 4.28. The van der Waals surface area contributed by atoms with Gasteiger partial charge in [0.2, 0.25) is 0 Å². The lowest BCUT2D eigenvalue weighted by Crippen LogP contribution is -2.18. The Kier molecular flexibility index (Phi) is 3.22. The van der Waals surface area contributed by atoms with E-state index in [2.05, 4.69) is 20.9 Å². The van der Waals surface area contributed by atoms with Crippen LogP contribution in [0.2, 0.25) is 0 Å². The number of benzene rings is 2. The Morgan fingerprint density at radius 2 is 1.91 bits per heavy atom. The molecule has 6 nitrogen and oxygen atoms in total. The number of anilines is 1. The Labute approximate surface area is 132 Å². The van der Waals surface area contributed by atoms with E-state index >= 15 is 0 Å². The molecule has 1 N–H and O–H groups in total. The first-order valence-corrected chi connectivity index (χ1v) is 7.71. The highest BCUT2D eigenvalue weighted by Crippen LogP contribution is 2.32. The number of aromatic amines is 1. The van der Waals surface area contributed by atoms with Crippen molar-refractivity contribution in [1.29, 1.82) is 0 Å². The number of hydrogen-bond acceptors (Lipinski definition) is 4. The van der Waals surface area contributed by atoms with E-state index in [9.17, 15) is 10.1 Å². The summed E-state index contributed by atoms with van der Waals surface area (Å²) in [4.78, 5) is 20.7. The van der Waals surface area contributed by atoms with E-state index in [0.29, 0.717) is 5.52 Å². The SMILES string of the molecule is O=[N+]([O-])c1ccc2nc(-c3ccccc3N3CCCC3)[nH]c2c1. The smallest absolute Gasteiger partial charge is 0.271 e. The summed E-state index contributed by atoms with van der Waals surface area (Å²) < 4.78 is 0.